The average molecular weight is 155 g/mol. The molecule has 0 aliphatic carbocycles. The van der Waals surface area contributed by atoms with Crippen LogP contribution in [0.15, 0.2) is 37.4 Å². The minimum Gasteiger partial charge on any atom is -0.106 e. The molecule has 1 aromatic rings. The van der Waals surface area contributed by atoms with Crippen molar-refractivity contribution < 1.29 is 0 Å². The summed E-state index contributed by atoms with van der Waals surface area (Å²) < 4.78 is 0. The lowest BCUT2D eigenvalue weighted by molar-refractivity contribution is 1.47. The third-order valence-electron chi connectivity index (χ3n) is 1.08. The summed E-state index contributed by atoms with van der Waals surface area (Å²) in [6.45, 7) is 7.99. The Balaban J connectivity index is 0.000000371. The second kappa shape index (κ2) is 5.07. The molecule has 0 spiro atoms. The first-order chi connectivity index (χ1) is 4.80. The van der Waals surface area contributed by atoms with Crippen LogP contribution >= 0.6 is 11.6 Å². The maximum absolute atomic E-state index is 5.71. The van der Waals surface area contributed by atoms with Gasteiger partial charge in [-0.1, -0.05) is 29.8 Å². The molecule has 0 aromatic heterocycles. The SMILES string of the molecule is C=C.Cc1ccccc1Cl. The smallest absolute Gasteiger partial charge is 0.0435 e. The highest BCUT2D eigenvalue weighted by molar-refractivity contribution is 6.31. The molecular formula is C9H11Cl. The van der Waals surface area contributed by atoms with Crippen LogP contribution in [-0.4, -0.2) is 0 Å². The van der Waals surface area contributed by atoms with E-state index in [1.54, 1.807) is 0 Å². The highest BCUT2D eigenvalue weighted by Gasteiger charge is 1.86. The van der Waals surface area contributed by atoms with E-state index in [0.717, 1.165) is 10.6 Å². The Hall–Kier alpha value is -0.750. The van der Waals surface area contributed by atoms with E-state index in [0.29, 0.717) is 0 Å². The number of hydrogen-bond acceptors (Lipinski definition) is 0. The Kier molecular flexibility index (Phi) is 4.69. The van der Waals surface area contributed by atoms with Crippen molar-refractivity contribution in [1.82, 2.24) is 0 Å². The van der Waals surface area contributed by atoms with Gasteiger partial charge in [-0.2, -0.15) is 0 Å². The minimum absolute atomic E-state index is 0.840. The lowest BCUT2D eigenvalue weighted by Crippen LogP contribution is -1.68. The lowest BCUT2D eigenvalue weighted by Gasteiger charge is -1.90. The van der Waals surface area contributed by atoms with Gasteiger partial charge in [0.25, 0.3) is 0 Å². The number of aryl methyl sites for hydroxylation is 1. The van der Waals surface area contributed by atoms with Crippen LogP contribution in [0.3, 0.4) is 0 Å². The maximum atomic E-state index is 5.71. The predicted octanol–water partition coefficient (Wildman–Crippen LogP) is 3.45. The second-order valence-corrected chi connectivity index (χ2v) is 2.16. The fourth-order valence-electron chi connectivity index (χ4n) is 0.551. The zero-order valence-electron chi connectivity index (χ0n) is 6.10. The lowest BCUT2D eigenvalue weighted by atomic mass is 10.2. The van der Waals surface area contributed by atoms with Crippen LogP contribution in [0.2, 0.25) is 5.02 Å². The molecule has 1 aromatic carbocycles. The van der Waals surface area contributed by atoms with Gasteiger partial charge in [-0.25, -0.2) is 0 Å². The Bertz CT molecular complexity index is 173. The second-order valence-electron chi connectivity index (χ2n) is 1.75. The Morgan fingerprint density at radius 3 is 2.00 bits per heavy atom. The summed E-state index contributed by atoms with van der Waals surface area (Å²) in [5, 5.41) is 0.840. The quantitative estimate of drug-likeness (QED) is 0.502. The molecule has 0 atom stereocenters. The van der Waals surface area contributed by atoms with Crippen molar-refractivity contribution in [3.63, 3.8) is 0 Å². The first-order valence-corrected chi connectivity index (χ1v) is 3.39. The van der Waals surface area contributed by atoms with E-state index in [-0.39, 0.29) is 0 Å². The molecule has 0 unspecified atom stereocenters. The zero-order chi connectivity index (χ0) is 7.98. The van der Waals surface area contributed by atoms with Crippen molar-refractivity contribution in [2.75, 3.05) is 0 Å². The van der Waals surface area contributed by atoms with Gasteiger partial charge in [0.15, 0.2) is 0 Å². The van der Waals surface area contributed by atoms with E-state index >= 15 is 0 Å². The molecular weight excluding hydrogens is 144 g/mol. The molecule has 0 N–H and O–H groups in total. The van der Waals surface area contributed by atoms with Crippen LogP contribution in [0.4, 0.5) is 0 Å². The number of halogens is 1. The van der Waals surface area contributed by atoms with Gasteiger partial charge in [0.05, 0.1) is 0 Å². The van der Waals surface area contributed by atoms with Crippen LogP contribution in [0.5, 0.6) is 0 Å². The van der Waals surface area contributed by atoms with Crippen LogP contribution in [0.25, 0.3) is 0 Å². The fraction of sp³-hybridized carbons (Fsp3) is 0.111. The van der Waals surface area contributed by atoms with Gasteiger partial charge in [-0.15, -0.1) is 13.2 Å². The van der Waals surface area contributed by atoms with Crippen molar-refractivity contribution in [1.29, 1.82) is 0 Å². The molecule has 1 rings (SSSR count). The van der Waals surface area contributed by atoms with Crippen LogP contribution in [0.1, 0.15) is 5.56 Å². The fourth-order valence-corrected chi connectivity index (χ4v) is 0.687. The molecule has 0 saturated heterocycles. The largest absolute Gasteiger partial charge is 0.106 e. The van der Waals surface area contributed by atoms with Crippen molar-refractivity contribution >= 4 is 11.6 Å². The maximum Gasteiger partial charge on any atom is 0.0435 e. The Labute approximate surface area is 67.1 Å². The van der Waals surface area contributed by atoms with Crippen molar-refractivity contribution in [3.05, 3.63) is 48.0 Å². The van der Waals surface area contributed by atoms with Crippen LogP contribution < -0.4 is 0 Å². The molecule has 0 bridgehead atoms. The van der Waals surface area contributed by atoms with E-state index < -0.39 is 0 Å². The highest BCUT2D eigenvalue weighted by Crippen LogP contribution is 2.11. The summed E-state index contributed by atoms with van der Waals surface area (Å²) in [5.74, 6) is 0. The highest BCUT2D eigenvalue weighted by atomic mass is 35.5. The molecule has 0 nitrogen and oxygen atoms in total. The van der Waals surface area contributed by atoms with Gasteiger partial charge in [0.2, 0.25) is 0 Å². The average Bonchev–Trinajstić information content (AvgIpc) is 2.00. The first-order valence-electron chi connectivity index (χ1n) is 3.02. The minimum atomic E-state index is 0.840. The van der Waals surface area contributed by atoms with Gasteiger partial charge >= 0.3 is 0 Å². The first kappa shape index (κ1) is 9.25. The topological polar surface area (TPSA) is 0 Å². The Morgan fingerprint density at radius 1 is 1.20 bits per heavy atom. The molecule has 0 fully saturated rings. The van der Waals surface area contributed by atoms with E-state index in [1.165, 1.54) is 0 Å². The number of rotatable bonds is 0. The monoisotopic (exact) mass is 154 g/mol. The zero-order valence-corrected chi connectivity index (χ0v) is 6.86. The Morgan fingerprint density at radius 2 is 1.70 bits per heavy atom. The normalized spacial score (nSPS) is 7.80. The van der Waals surface area contributed by atoms with Crippen molar-refractivity contribution in [2.24, 2.45) is 0 Å². The van der Waals surface area contributed by atoms with E-state index in [2.05, 4.69) is 13.2 Å². The van der Waals surface area contributed by atoms with Crippen LogP contribution in [-0.2, 0) is 0 Å². The molecule has 0 radical (unpaired) electrons. The molecule has 54 valence electrons. The number of hydrogen-bond donors (Lipinski definition) is 0. The molecule has 0 amide bonds. The molecule has 0 aliphatic heterocycles. The van der Waals surface area contributed by atoms with Crippen molar-refractivity contribution in [3.8, 4) is 0 Å². The molecule has 0 heterocycles. The summed E-state index contributed by atoms with van der Waals surface area (Å²) in [4.78, 5) is 0. The van der Waals surface area contributed by atoms with E-state index in [9.17, 15) is 0 Å². The summed E-state index contributed by atoms with van der Waals surface area (Å²) in [5.41, 5.74) is 1.13. The van der Waals surface area contributed by atoms with Gasteiger partial charge in [0, 0.05) is 5.02 Å². The molecule has 0 aliphatic rings. The summed E-state index contributed by atoms with van der Waals surface area (Å²) >= 11 is 5.71. The third kappa shape index (κ3) is 2.70. The predicted molar refractivity (Wildman–Crippen MR) is 47.4 cm³/mol. The van der Waals surface area contributed by atoms with Gasteiger partial charge in [-0.3, -0.25) is 0 Å². The van der Waals surface area contributed by atoms with Gasteiger partial charge in [0.1, 0.15) is 0 Å². The standard InChI is InChI=1S/C7H7Cl.C2H4/c1-6-4-2-3-5-7(6)8;1-2/h2-5H,1H3;1-2H2. The molecule has 0 saturated carbocycles. The molecule has 10 heavy (non-hydrogen) atoms. The summed E-state index contributed by atoms with van der Waals surface area (Å²) in [7, 11) is 0. The number of benzene rings is 1. The van der Waals surface area contributed by atoms with Gasteiger partial charge < -0.3 is 0 Å². The van der Waals surface area contributed by atoms with Crippen molar-refractivity contribution in [2.45, 2.75) is 6.92 Å². The van der Waals surface area contributed by atoms with E-state index in [1.807, 2.05) is 31.2 Å². The summed E-state index contributed by atoms with van der Waals surface area (Å²) in [6, 6.07) is 7.77. The summed E-state index contributed by atoms with van der Waals surface area (Å²) in [6.07, 6.45) is 0. The van der Waals surface area contributed by atoms with Gasteiger partial charge in [-0.05, 0) is 18.6 Å². The third-order valence-corrected chi connectivity index (χ3v) is 1.50. The molecule has 1 heteroatoms. The van der Waals surface area contributed by atoms with Crippen LogP contribution in [0, 0.1) is 6.92 Å². The van der Waals surface area contributed by atoms with E-state index in [4.69, 9.17) is 11.6 Å².